The summed E-state index contributed by atoms with van der Waals surface area (Å²) in [4.78, 5) is 0. The highest BCUT2D eigenvalue weighted by Gasteiger charge is 2.15. The second kappa shape index (κ2) is 5.84. The molecule has 0 amide bonds. The van der Waals surface area contributed by atoms with Crippen LogP contribution in [0.5, 0.6) is 0 Å². The highest BCUT2D eigenvalue weighted by molar-refractivity contribution is 5.85. The van der Waals surface area contributed by atoms with Crippen LogP contribution in [0.3, 0.4) is 0 Å². The number of nitrogens with zero attached hydrogens (tertiary/aromatic N) is 3. The van der Waals surface area contributed by atoms with Crippen LogP contribution in [0, 0.1) is 12.3 Å². The third-order valence-corrected chi connectivity index (χ3v) is 3.49. The Labute approximate surface area is 123 Å². The van der Waals surface area contributed by atoms with Gasteiger partial charge in [0.1, 0.15) is 5.69 Å². The first kappa shape index (κ1) is 13.4. The maximum absolute atomic E-state index is 5.78. The van der Waals surface area contributed by atoms with Crippen LogP contribution in [0.1, 0.15) is 25.7 Å². The Kier molecular flexibility index (Phi) is 3.74. The molecule has 0 aliphatic rings. The molecule has 0 unspecified atom stereocenters. The molecule has 0 spiro atoms. The fourth-order valence-corrected chi connectivity index (χ4v) is 2.44. The molecule has 3 rings (SSSR count). The predicted octanol–water partition coefficient (Wildman–Crippen LogP) is 3.67. The standard InChI is InChI=1S/C17H17N3O/c1-3-5-10-16-18-19-17(21-16)15-12-13-8-6-7-9-14(13)20(15)11-4-2/h2,6-9,12H,3,5,10-11H2,1H3. The fraction of sp³-hybridized carbons (Fsp3) is 0.294. The van der Waals surface area contributed by atoms with Crippen molar-refractivity contribution in [2.75, 3.05) is 0 Å². The topological polar surface area (TPSA) is 43.9 Å². The zero-order valence-electron chi connectivity index (χ0n) is 12.0. The van der Waals surface area contributed by atoms with Crippen molar-refractivity contribution >= 4 is 10.9 Å². The number of fused-ring (bicyclic) bond motifs is 1. The summed E-state index contributed by atoms with van der Waals surface area (Å²) < 4.78 is 7.81. The molecule has 2 aromatic heterocycles. The number of aryl methyl sites for hydroxylation is 1. The van der Waals surface area contributed by atoms with E-state index in [1.165, 1.54) is 0 Å². The number of hydrogen-bond acceptors (Lipinski definition) is 3. The number of unbranched alkanes of at least 4 members (excludes halogenated alkanes) is 1. The molecular formula is C17H17N3O. The van der Waals surface area contributed by atoms with E-state index in [0.717, 1.165) is 35.9 Å². The largest absolute Gasteiger partial charge is 0.419 e. The summed E-state index contributed by atoms with van der Waals surface area (Å²) in [7, 11) is 0. The van der Waals surface area contributed by atoms with Crippen molar-refractivity contribution in [2.24, 2.45) is 0 Å². The van der Waals surface area contributed by atoms with Crippen LogP contribution in [0.2, 0.25) is 0 Å². The minimum Gasteiger partial charge on any atom is -0.419 e. The lowest BCUT2D eigenvalue weighted by Gasteiger charge is -2.03. The van der Waals surface area contributed by atoms with Crippen molar-refractivity contribution in [3.8, 4) is 23.9 Å². The maximum atomic E-state index is 5.78. The van der Waals surface area contributed by atoms with E-state index in [2.05, 4.69) is 29.1 Å². The van der Waals surface area contributed by atoms with Crippen LogP contribution in [-0.2, 0) is 13.0 Å². The molecule has 0 N–H and O–H groups in total. The average Bonchev–Trinajstić information content (AvgIpc) is 3.10. The minimum absolute atomic E-state index is 0.482. The molecule has 2 heterocycles. The summed E-state index contributed by atoms with van der Waals surface area (Å²) in [6, 6.07) is 10.2. The van der Waals surface area contributed by atoms with Crippen LogP contribution in [0.4, 0.5) is 0 Å². The van der Waals surface area contributed by atoms with Gasteiger partial charge >= 0.3 is 0 Å². The zero-order chi connectivity index (χ0) is 14.7. The molecule has 106 valence electrons. The zero-order valence-corrected chi connectivity index (χ0v) is 12.0. The van der Waals surface area contributed by atoms with Gasteiger partial charge < -0.3 is 8.98 Å². The Hall–Kier alpha value is -2.54. The molecule has 21 heavy (non-hydrogen) atoms. The van der Waals surface area contributed by atoms with Gasteiger partial charge in [0.15, 0.2) is 0 Å². The molecule has 3 aromatic rings. The van der Waals surface area contributed by atoms with Crippen LogP contribution in [0.25, 0.3) is 22.5 Å². The number of para-hydroxylation sites is 1. The number of benzene rings is 1. The van der Waals surface area contributed by atoms with E-state index in [4.69, 9.17) is 10.8 Å². The van der Waals surface area contributed by atoms with Gasteiger partial charge in [-0.2, -0.15) is 0 Å². The number of aromatic nitrogens is 3. The number of terminal acetylenes is 1. The van der Waals surface area contributed by atoms with Crippen molar-refractivity contribution in [1.29, 1.82) is 0 Å². The molecule has 0 aliphatic carbocycles. The summed E-state index contributed by atoms with van der Waals surface area (Å²) in [5.41, 5.74) is 1.96. The van der Waals surface area contributed by atoms with Gasteiger partial charge in [0.2, 0.25) is 5.89 Å². The predicted molar refractivity (Wildman–Crippen MR) is 82.7 cm³/mol. The lowest BCUT2D eigenvalue weighted by atomic mass is 10.2. The lowest BCUT2D eigenvalue weighted by Crippen LogP contribution is -1.97. The van der Waals surface area contributed by atoms with Crippen molar-refractivity contribution in [1.82, 2.24) is 14.8 Å². The van der Waals surface area contributed by atoms with Crippen LogP contribution < -0.4 is 0 Å². The summed E-state index contributed by atoms with van der Waals surface area (Å²) in [6.45, 7) is 2.62. The van der Waals surface area contributed by atoms with E-state index in [0.29, 0.717) is 18.3 Å². The Balaban J connectivity index is 2.05. The summed E-state index contributed by atoms with van der Waals surface area (Å²) in [5, 5.41) is 9.41. The number of hydrogen-bond donors (Lipinski definition) is 0. The van der Waals surface area contributed by atoms with Crippen molar-refractivity contribution in [3.63, 3.8) is 0 Å². The molecule has 1 aromatic carbocycles. The van der Waals surface area contributed by atoms with Gasteiger partial charge in [-0.3, -0.25) is 0 Å². The molecule has 0 bridgehead atoms. The molecular weight excluding hydrogens is 262 g/mol. The molecule has 4 heteroatoms. The van der Waals surface area contributed by atoms with Crippen LogP contribution in [0.15, 0.2) is 34.7 Å². The highest BCUT2D eigenvalue weighted by atomic mass is 16.4. The Morgan fingerprint density at radius 1 is 1.29 bits per heavy atom. The molecule has 0 saturated carbocycles. The minimum atomic E-state index is 0.482. The SMILES string of the molecule is C#CCn1c(-c2nnc(CCCC)o2)cc2ccccc21. The van der Waals surface area contributed by atoms with E-state index in [1.54, 1.807) is 0 Å². The number of rotatable bonds is 5. The van der Waals surface area contributed by atoms with Crippen LogP contribution >= 0.6 is 0 Å². The second-order valence-corrected chi connectivity index (χ2v) is 4.98. The van der Waals surface area contributed by atoms with Crippen LogP contribution in [-0.4, -0.2) is 14.8 Å². The normalized spacial score (nSPS) is 10.9. The quantitative estimate of drug-likeness (QED) is 0.669. The molecule has 0 saturated heterocycles. The smallest absolute Gasteiger partial charge is 0.264 e. The second-order valence-electron chi connectivity index (χ2n) is 4.98. The van der Waals surface area contributed by atoms with Gasteiger partial charge in [0.05, 0.1) is 6.54 Å². The molecule has 0 atom stereocenters. The van der Waals surface area contributed by atoms with Crippen molar-refractivity contribution in [2.45, 2.75) is 32.7 Å². The molecule has 0 radical (unpaired) electrons. The van der Waals surface area contributed by atoms with E-state index in [9.17, 15) is 0 Å². The summed E-state index contributed by atoms with van der Waals surface area (Å²) in [5.74, 6) is 3.91. The fourth-order valence-electron chi connectivity index (χ4n) is 2.44. The third kappa shape index (κ3) is 2.55. The highest BCUT2D eigenvalue weighted by Crippen LogP contribution is 2.27. The first-order chi connectivity index (χ1) is 10.3. The molecule has 4 nitrogen and oxygen atoms in total. The van der Waals surface area contributed by atoms with Gasteiger partial charge in [-0.1, -0.05) is 37.5 Å². The van der Waals surface area contributed by atoms with Gasteiger partial charge in [-0.15, -0.1) is 16.6 Å². The van der Waals surface area contributed by atoms with Gasteiger partial charge in [-0.25, -0.2) is 0 Å². The summed E-state index contributed by atoms with van der Waals surface area (Å²) in [6.07, 6.45) is 8.47. The van der Waals surface area contributed by atoms with E-state index < -0.39 is 0 Å². The average molecular weight is 279 g/mol. The Morgan fingerprint density at radius 2 is 2.14 bits per heavy atom. The van der Waals surface area contributed by atoms with Crippen molar-refractivity contribution in [3.05, 3.63) is 36.2 Å². The Bertz CT molecular complexity index is 792. The van der Waals surface area contributed by atoms with Gasteiger partial charge in [0, 0.05) is 17.3 Å². The Morgan fingerprint density at radius 3 is 2.95 bits per heavy atom. The third-order valence-electron chi connectivity index (χ3n) is 3.49. The maximum Gasteiger partial charge on any atom is 0.264 e. The van der Waals surface area contributed by atoms with Crippen molar-refractivity contribution < 1.29 is 4.42 Å². The summed E-state index contributed by atoms with van der Waals surface area (Å²) >= 11 is 0. The van der Waals surface area contributed by atoms with Gasteiger partial charge in [-0.05, 0) is 18.6 Å². The van der Waals surface area contributed by atoms with E-state index in [1.807, 2.05) is 28.8 Å². The van der Waals surface area contributed by atoms with Gasteiger partial charge in [0.25, 0.3) is 5.89 Å². The van der Waals surface area contributed by atoms with E-state index in [-0.39, 0.29) is 0 Å². The lowest BCUT2D eigenvalue weighted by molar-refractivity contribution is 0.493. The molecule has 0 aliphatic heterocycles. The monoisotopic (exact) mass is 279 g/mol. The van der Waals surface area contributed by atoms with E-state index >= 15 is 0 Å². The first-order valence-corrected chi connectivity index (χ1v) is 7.18. The first-order valence-electron chi connectivity index (χ1n) is 7.18. The molecule has 0 fully saturated rings.